The summed E-state index contributed by atoms with van der Waals surface area (Å²) in [5.41, 5.74) is 0. The Morgan fingerprint density at radius 2 is 0.952 bits per heavy atom. The predicted octanol–water partition coefficient (Wildman–Crippen LogP) is 6.67. The van der Waals surface area contributed by atoms with Gasteiger partial charge in [-0.05, 0) is 32.9 Å². The summed E-state index contributed by atoms with van der Waals surface area (Å²) in [6, 6.07) is 0. The van der Waals surface area contributed by atoms with Crippen molar-refractivity contribution in [3.05, 3.63) is 0 Å². The van der Waals surface area contributed by atoms with Crippen molar-refractivity contribution in [2.24, 2.45) is 5.92 Å². The van der Waals surface area contributed by atoms with Crippen molar-refractivity contribution in [1.82, 2.24) is 4.90 Å². The van der Waals surface area contributed by atoms with E-state index in [9.17, 15) is 0 Å². The van der Waals surface area contributed by atoms with Crippen LogP contribution < -0.4 is 0 Å². The molecule has 0 atom stereocenters. The smallest absolute Gasteiger partial charge is 0.000356 e. The predicted molar refractivity (Wildman–Crippen MR) is 98.0 cm³/mol. The van der Waals surface area contributed by atoms with Gasteiger partial charge in [0, 0.05) is 6.54 Å². The number of hydrogen-bond donors (Lipinski definition) is 0. The van der Waals surface area contributed by atoms with E-state index in [0.29, 0.717) is 0 Å². The van der Waals surface area contributed by atoms with Crippen LogP contribution in [-0.4, -0.2) is 25.5 Å². The van der Waals surface area contributed by atoms with Crippen LogP contribution in [0.3, 0.4) is 0 Å². The summed E-state index contributed by atoms with van der Waals surface area (Å²) < 4.78 is 0. The van der Waals surface area contributed by atoms with E-state index >= 15 is 0 Å². The summed E-state index contributed by atoms with van der Waals surface area (Å²) in [4.78, 5) is 2.39. The summed E-state index contributed by atoms with van der Waals surface area (Å²) in [5, 5.41) is 0. The number of hydrogen-bond acceptors (Lipinski definition) is 1. The van der Waals surface area contributed by atoms with Gasteiger partial charge in [-0.2, -0.15) is 0 Å². The average molecular weight is 298 g/mol. The van der Waals surface area contributed by atoms with Crippen molar-refractivity contribution in [3.8, 4) is 0 Å². The first-order valence-electron chi connectivity index (χ1n) is 9.85. The van der Waals surface area contributed by atoms with Gasteiger partial charge in [-0.25, -0.2) is 0 Å². The molecule has 0 saturated heterocycles. The minimum Gasteiger partial charge on any atom is -0.309 e. The molecule has 0 aromatic rings. The van der Waals surface area contributed by atoms with Crippen LogP contribution in [0.2, 0.25) is 0 Å². The highest BCUT2D eigenvalue weighted by Gasteiger charge is 2.09. The lowest BCUT2D eigenvalue weighted by atomic mass is 9.93. The second-order valence-electron chi connectivity index (χ2n) is 7.24. The van der Waals surface area contributed by atoms with Crippen LogP contribution in [-0.2, 0) is 0 Å². The van der Waals surface area contributed by atoms with E-state index in [1.54, 1.807) is 0 Å². The number of rotatable bonds is 16. The lowest BCUT2D eigenvalue weighted by molar-refractivity contribution is 0.286. The van der Waals surface area contributed by atoms with Gasteiger partial charge in [0.25, 0.3) is 0 Å². The van der Waals surface area contributed by atoms with E-state index in [2.05, 4.69) is 32.8 Å². The fraction of sp³-hybridized carbons (Fsp3) is 1.00. The molecular weight excluding hydrogens is 254 g/mol. The van der Waals surface area contributed by atoms with Gasteiger partial charge in [0.2, 0.25) is 0 Å². The quantitative estimate of drug-likeness (QED) is 0.288. The first-order valence-corrected chi connectivity index (χ1v) is 9.85. The van der Waals surface area contributed by atoms with Gasteiger partial charge in [0.15, 0.2) is 0 Å². The molecule has 128 valence electrons. The zero-order valence-corrected chi connectivity index (χ0v) is 15.6. The van der Waals surface area contributed by atoms with Gasteiger partial charge in [0.05, 0.1) is 0 Å². The third-order valence-corrected chi connectivity index (χ3v) is 4.56. The Labute approximate surface area is 135 Å². The molecule has 0 radical (unpaired) electrons. The Hall–Kier alpha value is -0.0400. The Balaban J connectivity index is 3.62. The summed E-state index contributed by atoms with van der Waals surface area (Å²) in [6.07, 6.45) is 20.1. The Kier molecular flexibility index (Phi) is 16.3. The van der Waals surface area contributed by atoms with Crippen LogP contribution in [0, 0.1) is 5.92 Å². The fourth-order valence-corrected chi connectivity index (χ4v) is 3.27. The number of nitrogens with zero attached hydrogens (tertiary/aromatic N) is 1. The molecule has 0 aromatic carbocycles. The van der Waals surface area contributed by atoms with E-state index in [1.807, 2.05) is 0 Å². The molecule has 1 nitrogen and oxygen atoms in total. The van der Waals surface area contributed by atoms with Gasteiger partial charge < -0.3 is 4.90 Å². The standard InChI is InChI=1S/C20H43N/c1-5-7-9-11-13-15-17-20(19-21(3)4)18-16-14-12-10-8-6-2/h20H,5-19H2,1-4H3. The lowest BCUT2D eigenvalue weighted by Gasteiger charge is -2.21. The van der Waals surface area contributed by atoms with E-state index < -0.39 is 0 Å². The molecule has 21 heavy (non-hydrogen) atoms. The zero-order valence-electron chi connectivity index (χ0n) is 15.6. The van der Waals surface area contributed by atoms with E-state index in [0.717, 1.165) is 5.92 Å². The maximum absolute atomic E-state index is 2.39. The van der Waals surface area contributed by atoms with Crippen molar-refractivity contribution >= 4 is 0 Å². The molecule has 0 fully saturated rings. The molecule has 0 aliphatic rings. The zero-order chi connectivity index (χ0) is 15.8. The van der Waals surface area contributed by atoms with Crippen molar-refractivity contribution in [3.63, 3.8) is 0 Å². The van der Waals surface area contributed by atoms with Crippen LogP contribution in [0.15, 0.2) is 0 Å². The fourth-order valence-electron chi connectivity index (χ4n) is 3.27. The molecule has 0 bridgehead atoms. The first-order chi connectivity index (χ1) is 10.2. The molecule has 0 rings (SSSR count). The third-order valence-electron chi connectivity index (χ3n) is 4.56. The normalized spacial score (nSPS) is 11.7. The van der Waals surface area contributed by atoms with Crippen molar-refractivity contribution < 1.29 is 0 Å². The molecule has 0 spiro atoms. The number of unbranched alkanes of at least 4 members (excludes halogenated alkanes) is 10. The van der Waals surface area contributed by atoms with Crippen LogP contribution in [0.25, 0.3) is 0 Å². The molecule has 0 heterocycles. The molecule has 0 unspecified atom stereocenters. The van der Waals surface area contributed by atoms with Gasteiger partial charge in [-0.3, -0.25) is 0 Å². The second-order valence-corrected chi connectivity index (χ2v) is 7.24. The Bertz CT molecular complexity index is 172. The monoisotopic (exact) mass is 297 g/mol. The van der Waals surface area contributed by atoms with Gasteiger partial charge in [0.1, 0.15) is 0 Å². The summed E-state index contributed by atoms with van der Waals surface area (Å²) in [5.74, 6) is 0.942. The molecule has 0 amide bonds. The molecule has 0 saturated carbocycles. The summed E-state index contributed by atoms with van der Waals surface area (Å²) in [6.45, 7) is 5.89. The van der Waals surface area contributed by atoms with Gasteiger partial charge in [-0.1, -0.05) is 90.9 Å². The Morgan fingerprint density at radius 3 is 1.33 bits per heavy atom. The van der Waals surface area contributed by atoms with Gasteiger partial charge >= 0.3 is 0 Å². The van der Waals surface area contributed by atoms with Crippen molar-refractivity contribution in [2.45, 2.75) is 104 Å². The van der Waals surface area contributed by atoms with Crippen molar-refractivity contribution in [2.75, 3.05) is 20.6 Å². The largest absolute Gasteiger partial charge is 0.309 e. The third kappa shape index (κ3) is 16.2. The molecule has 0 aliphatic carbocycles. The minimum absolute atomic E-state index is 0.942. The highest BCUT2D eigenvalue weighted by Crippen LogP contribution is 2.19. The van der Waals surface area contributed by atoms with Crippen LogP contribution in [0.5, 0.6) is 0 Å². The molecule has 0 N–H and O–H groups in total. The maximum Gasteiger partial charge on any atom is 0.000356 e. The molecule has 0 aromatic heterocycles. The van der Waals surface area contributed by atoms with E-state index in [-0.39, 0.29) is 0 Å². The van der Waals surface area contributed by atoms with Crippen LogP contribution in [0.4, 0.5) is 0 Å². The summed E-state index contributed by atoms with van der Waals surface area (Å²) >= 11 is 0. The molecular formula is C20H43N. The van der Waals surface area contributed by atoms with Crippen LogP contribution in [0.1, 0.15) is 104 Å². The van der Waals surface area contributed by atoms with Gasteiger partial charge in [-0.15, -0.1) is 0 Å². The topological polar surface area (TPSA) is 3.24 Å². The highest BCUT2D eigenvalue weighted by atomic mass is 15.1. The average Bonchev–Trinajstić information content (AvgIpc) is 2.45. The minimum atomic E-state index is 0.942. The molecule has 1 heteroatoms. The van der Waals surface area contributed by atoms with E-state index in [1.165, 1.54) is 96.4 Å². The lowest BCUT2D eigenvalue weighted by Crippen LogP contribution is -2.21. The maximum atomic E-state index is 2.39. The van der Waals surface area contributed by atoms with Crippen LogP contribution >= 0.6 is 0 Å². The summed E-state index contributed by atoms with van der Waals surface area (Å²) in [7, 11) is 4.46. The highest BCUT2D eigenvalue weighted by molar-refractivity contribution is 4.63. The molecule has 0 aliphatic heterocycles. The Morgan fingerprint density at radius 1 is 0.571 bits per heavy atom. The SMILES string of the molecule is CCCCCCCCC(CCCCCCCC)CN(C)C. The van der Waals surface area contributed by atoms with Crippen molar-refractivity contribution in [1.29, 1.82) is 0 Å². The first kappa shape index (κ1) is 21.0. The second kappa shape index (κ2) is 16.3. The van der Waals surface area contributed by atoms with E-state index in [4.69, 9.17) is 0 Å².